The second kappa shape index (κ2) is 5.53. The molecule has 20 heavy (non-hydrogen) atoms. The first kappa shape index (κ1) is 13.6. The first-order valence-corrected chi connectivity index (χ1v) is 8.20. The number of benzene rings is 1. The Hall–Kier alpha value is -1.41. The van der Waals surface area contributed by atoms with Crippen molar-refractivity contribution in [2.45, 2.75) is 45.4 Å². The van der Waals surface area contributed by atoms with Crippen LogP contribution in [0.1, 0.15) is 54.8 Å². The van der Waals surface area contributed by atoms with Gasteiger partial charge in [-0.3, -0.25) is 0 Å². The second-order valence-electron chi connectivity index (χ2n) is 5.86. The first-order valence-electron chi connectivity index (χ1n) is 7.39. The highest BCUT2D eigenvalue weighted by Crippen LogP contribution is 2.42. The molecule has 0 atom stereocenters. The number of rotatable bonds is 3. The van der Waals surface area contributed by atoms with Crippen LogP contribution in [-0.4, -0.2) is 4.98 Å². The zero-order chi connectivity index (χ0) is 14.1. The molecular formula is C18H21NS. The Labute approximate surface area is 125 Å². The predicted octanol–water partition coefficient (Wildman–Crippen LogP) is 5.81. The number of hydrogen-bond acceptors (Lipinski definition) is 2. The van der Waals surface area contributed by atoms with Crippen LogP contribution < -0.4 is 0 Å². The van der Waals surface area contributed by atoms with E-state index in [2.05, 4.69) is 44.7 Å². The molecule has 2 aromatic rings. The third-order valence-corrected chi connectivity index (χ3v) is 5.36. The van der Waals surface area contributed by atoms with E-state index in [0.29, 0.717) is 5.92 Å². The zero-order valence-electron chi connectivity index (χ0n) is 12.3. The summed E-state index contributed by atoms with van der Waals surface area (Å²) in [5.74, 6) is 0.649. The highest BCUT2D eigenvalue weighted by molar-refractivity contribution is 7.16. The SMILES string of the molecule is C=C(C)c1nc(C2CCCC2)c(-c2ccc(C)cc2)s1. The smallest absolute Gasteiger partial charge is 0.119 e. The maximum Gasteiger partial charge on any atom is 0.119 e. The fourth-order valence-electron chi connectivity index (χ4n) is 2.90. The van der Waals surface area contributed by atoms with E-state index < -0.39 is 0 Å². The van der Waals surface area contributed by atoms with Crippen LogP contribution in [-0.2, 0) is 0 Å². The fraction of sp³-hybridized carbons (Fsp3) is 0.389. The third kappa shape index (κ3) is 2.57. The Balaban J connectivity index is 2.07. The van der Waals surface area contributed by atoms with Gasteiger partial charge in [-0.15, -0.1) is 11.3 Å². The summed E-state index contributed by atoms with van der Waals surface area (Å²) in [6, 6.07) is 8.83. The lowest BCUT2D eigenvalue weighted by molar-refractivity contribution is 0.704. The minimum Gasteiger partial charge on any atom is -0.241 e. The minimum absolute atomic E-state index is 0.649. The Bertz CT molecular complexity index is 615. The molecule has 0 spiro atoms. The van der Waals surface area contributed by atoms with Gasteiger partial charge in [-0.1, -0.05) is 49.2 Å². The molecule has 0 saturated heterocycles. The van der Waals surface area contributed by atoms with Crippen LogP contribution in [0.3, 0.4) is 0 Å². The Morgan fingerprint density at radius 1 is 1.20 bits per heavy atom. The van der Waals surface area contributed by atoms with Gasteiger partial charge in [-0.25, -0.2) is 4.98 Å². The number of aryl methyl sites for hydroxylation is 1. The lowest BCUT2D eigenvalue weighted by atomic mass is 10.00. The summed E-state index contributed by atoms with van der Waals surface area (Å²) in [7, 11) is 0. The Morgan fingerprint density at radius 2 is 1.85 bits per heavy atom. The summed E-state index contributed by atoms with van der Waals surface area (Å²) in [5, 5.41) is 1.10. The van der Waals surface area contributed by atoms with Crippen molar-refractivity contribution in [3.63, 3.8) is 0 Å². The molecule has 2 heteroatoms. The van der Waals surface area contributed by atoms with E-state index >= 15 is 0 Å². The van der Waals surface area contributed by atoms with Gasteiger partial charge in [-0.2, -0.15) is 0 Å². The van der Waals surface area contributed by atoms with Crippen molar-refractivity contribution in [1.29, 1.82) is 0 Å². The van der Waals surface area contributed by atoms with E-state index in [9.17, 15) is 0 Å². The third-order valence-electron chi connectivity index (χ3n) is 4.07. The maximum absolute atomic E-state index is 4.91. The molecule has 1 heterocycles. The molecule has 0 unspecified atom stereocenters. The monoisotopic (exact) mass is 283 g/mol. The Kier molecular flexibility index (Phi) is 3.75. The highest BCUT2D eigenvalue weighted by atomic mass is 32.1. The molecule has 1 aromatic carbocycles. The molecule has 1 aliphatic rings. The van der Waals surface area contributed by atoms with Crippen LogP contribution in [0.25, 0.3) is 16.0 Å². The van der Waals surface area contributed by atoms with Crippen LogP contribution in [0.4, 0.5) is 0 Å². The van der Waals surface area contributed by atoms with Gasteiger partial charge in [0, 0.05) is 5.92 Å². The van der Waals surface area contributed by atoms with Crippen molar-refractivity contribution in [3.05, 3.63) is 47.1 Å². The maximum atomic E-state index is 4.91. The molecular weight excluding hydrogens is 262 g/mol. The molecule has 1 fully saturated rings. The summed E-state index contributed by atoms with van der Waals surface area (Å²) < 4.78 is 0. The van der Waals surface area contributed by atoms with Crippen LogP contribution in [0.2, 0.25) is 0 Å². The summed E-state index contributed by atoms with van der Waals surface area (Å²) in [6.07, 6.45) is 5.27. The topological polar surface area (TPSA) is 12.9 Å². The van der Waals surface area contributed by atoms with Crippen LogP contribution in [0.15, 0.2) is 30.8 Å². The number of aromatic nitrogens is 1. The van der Waals surface area contributed by atoms with Gasteiger partial charge in [0.05, 0.1) is 10.6 Å². The lowest BCUT2D eigenvalue weighted by Crippen LogP contribution is -1.95. The van der Waals surface area contributed by atoms with Crippen molar-refractivity contribution in [3.8, 4) is 10.4 Å². The standard InChI is InChI=1S/C18H21NS/c1-12(2)18-19-16(14-6-4-5-7-14)17(20-18)15-10-8-13(3)9-11-15/h8-11,14H,1,4-7H2,2-3H3. The van der Waals surface area contributed by atoms with E-state index in [4.69, 9.17) is 4.98 Å². The molecule has 104 valence electrons. The van der Waals surface area contributed by atoms with Crippen molar-refractivity contribution in [1.82, 2.24) is 4.98 Å². The van der Waals surface area contributed by atoms with Gasteiger partial charge < -0.3 is 0 Å². The summed E-state index contributed by atoms with van der Waals surface area (Å²) in [4.78, 5) is 6.27. The second-order valence-corrected chi connectivity index (χ2v) is 6.86. The van der Waals surface area contributed by atoms with Crippen LogP contribution >= 0.6 is 11.3 Å². The Morgan fingerprint density at radius 3 is 2.45 bits per heavy atom. The van der Waals surface area contributed by atoms with Crippen LogP contribution in [0.5, 0.6) is 0 Å². The molecule has 0 radical (unpaired) electrons. The molecule has 1 aliphatic carbocycles. The highest BCUT2D eigenvalue weighted by Gasteiger charge is 2.24. The van der Waals surface area contributed by atoms with Gasteiger partial charge in [0.25, 0.3) is 0 Å². The molecule has 1 aromatic heterocycles. The summed E-state index contributed by atoms with van der Waals surface area (Å²) >= 11 is 1.80. The number of thiazole rings is 1. The first-order chi connectivity index (χ1) is 9.65. The minimum atomic E-state index is 0.649. The van der Waals surface area contributed by atoms with Gasteiger partial charge in [0.15, 0.2) is 0 Å². The number of hydrogen-bond donors (Lipinski definition) is 0. The van der Waals surface area contributed by atoms with Gasteiger partial charge in [0.2, 0.25) is 0 Å². The van der Waals surface area contributed by atoms with E-state index in [-0.39, 0.29) is 0 Å². The van der Waals surface area contributed by atoms with Crippen molar-refractivity contribution in [2.24, 2.45) is 0 Å². The largest absolute Gasteiger partial charge is 0.241 e. The van der Waals surface area contributed by atoms with Crippen molar-refractivity contribution < 1.29 is 0 Å². The summed E-state index contributed by atoms with van der Waals surface area (Å²) in [6.45, 7) is 8.25. The fourth-order valence-corrected chi connectivity index (χ4v) is 3.98. The molecule has 0 bridgehead atoms. The molecule has 0 N–H and O–H groups in total. The molecule has 3 rings (SSSR count). The summed E-state index contributed by atoms with van der Waals surface area (Å²) in [5.41, 5.74) is 5.00. The quantitative estimate of drug-likeness (QED) is 0.692. The van der Waals surface area contributed by atoms with E-state index in [1.165, 1.54) is 47.4 Å². The normalized spacial score (nSPS) is 15.7. The van der Waals surface area contributed by atoms with E-state index in [1.54, 1.807) is 11.3 Å². The van der Waals surface area contributed by atoms with Crippen molar-refractivity contribution >= 4 is 16.9 Å². The molecule has 0 amide bonds. The molecule has 1 nitrogen and oxygen atoms in total. The van der Waals surface area contributed by atoms with Gasteiger partial charge >= 0.3 is 0 Å². The average Bonchev–Trinajstić information content (AvgIpc) is 3.08. The van der Waals surface area contributed by atoms with Crippen LogP contribution in [0, 0.1) is 6.92 Å². The molecule has 0 aliphatic heterocycles. The average molecular weight is 283 g/mol. The van der Waals surface area contributed by atoms with Gasteiger partial charge in [-0.05, 0) is 37.8 Å². The van der Waals surface area contributed by atoms with Crippen molar-refractivity contribution in [2.75, 3.05) is 0 Å². The predicted molar refractivity (Wildman–Crippen MR) is 88.2 cm³/mol. The van der Waals surface area contributed by atoms with E-state index in [0.717, 1.165) is 10.6 Å². The number of allylic oxidation sites excluding steroid dienone is 1. The zero-order valence-corrected chi connectivity index (χ0v) is 13.1. The number of nitrogens with zero attached hydrogens (tertiary/aromatic N) is 1. The van der Waals surface area contributed by atoms with Gasteiger partial charge in [0.1, 0.15) is 5.01 Å². The lowest BCUT2D eigenvalue weighted by Gasteiger charge is -2.09. The molecule has 1 saturated carbocycles. The van der Waals surface area contributed by atoms with E-state index in [1.807, 2.05) is 0 Å².